The van der Waals surface area contributed by atoms with Gasteiger partial charge < -0.3 is 25.1 Å². The summed E-state index contributed by atoms with van der Waals surface area (Å²) in [5.74, 6) is 0.157. The van der Waals surface area contributed by atoms with E-state index < -0.39 is 21.8 Å². The van der Waals surface area contributed by atoms with Crippen LogP contribution in [0.2, 0.25) is 0 Å². The maximum atomic E-state index is 13.6. The summed E-state index contributed by atoms with van der Waals surface area (Å²) in [4.78, 5) is 13.4. The fraction of sp³-hybridized carbons (Fsp3) is 0.462. The molecule has 2 fully saturated rings. The van der Waals surface area contributed by atoms with Gasteiger partial charge in [0.15, 0.2) is 0 Å². The summed E-state index contributed by atoms with van der Waals surface area (Å²) in [6, 6.07) is 4.73. The number of alkyl halides is 3. The van der Waals surface area contributed by atoms with Gasteiger partial charge in [-0.2, -0.15) is 27.4 Å². The topological polar surface area (TPSA) is 125 Å². The van der Waals surface area contributed by atoms with E-state index in [1.165, 1.54) is 35.7 Å². The van der Waals surface area contributed by atoms with Crippen LogP contribution in [-0.4, -0.2) is 91.7 Å². The van der Waals surface area contributed by atoms with Crippen LogP contribution in [-0.2, 0) is 20.9 Å². The van der Waals surface area contributed by atoms with E-state index in [0.717, 1.165) is 32.1 Å². The zero-order valence-electron chi connectivity index (χ0n) is 22.5. The quantitative estimate of drug-likeness (QED) is 0.317. The highest BCUT2D eigenvalue weighted by Crippen LogP contribution is 2.38. The number of halogens is 3. The summed E-state index contributed by atoms with van der Waals surface area (Å²) in [5.41, 5.74) is -0.583. The largest absolute Gasteiger partial charge is 0.495 e. The second-order valence-corrected chi connectivity index (χ2v) is 11.7. The van der Waals surface area contributed by atoms with Crippen LogP contribution in [0.5, 0.6) is 5.75 Å². The molecule has 4 heterocycles. The Balaban J connectivity index is 1.36. The smallest absolute Gasteiger partial charge is 0.418 e. The Labute approximate surface area is 235 Å². The summed E-state index contributed by atoms with van der Waals surface area (Å²) in [6.07, 6.45) is -0.788. The number of nitrogens with one attached hydrogen (secondary N) is 3. The number of sulfonamides is 1. The van der Waals surface area contributed by atoms with Gasteiger partial charge in [-0.05, 0) is 25.0 Å². The predicted molar refractivity (Wildman–Crippen MR) is 148 cm³/mol. The van der Waals surface area contributed by atoms with E-state index in [1.807, 2.05) is 0 Å². The maximum absolute atomic E-state index is 13.6. The van der Waals surface area contributed by atoms with Gasteiger partial charge in [-0.15, -0.1) is 6.58 Å². The highest BCUT2D eigenvalue weighted by Gasteiger charge is 2.36. The van der Waals surface area contributed by atoms with Gasteiger partial charge in [0, 0.05) is 51.0 Å². The number of ether oxygens (including phenoxy) is 2. The van der Waals surface area contributed by atoms with Crippen LogP contribution in [0.1, 0.15) is 18.4 Å². The summed E-state index contributed by atoms with van der Waals surface area (Å²) in [6.45, 7) is 7.71. The fourth-order valence-corrected chi connectivity index (χ4v) is 6.69. The predicted octanol–water partition coefficient (Wildman–Crippen LogP) is 3.81. The number of methoxy groups -OCH3 is 1. The molecule has 0 bridgehead atoms. The molecule has 3 N–H and O–H groups in total. The molecule has 0 spiro atoms. The lowest BCUT2D eigenvalue weighted by Crippen LogP contribution is -2.50. The van der Waals surface area contributed by atoms with Crippen molar-refractivity contribution in [2.75, 3.05) is 63.7 Å². The Kier molecular flexibility index (Phi) is 8.40. The van der Waals surface area contributed by atoms with E-state index >= 15 is 0 Å². The number of aromatic amines is 1. The van der Waals surface area contributed by atoms with Crippen LogP contribution in [0.25, 0.3) is 11.0 Å². The third kappa shape index (κ3) is 6.12. The number of nitrogens with zero attached hydrogens (tertiary/aromatic N) is 4. The number of aromatic nitrogens is 3. The fourth-order valence-electron chi connectivity index (χ4n) is 5.20. The number of hydrogen-bond acceptors (Lipinski definition) is 9. The van der Waals surface area contributed by atoms with Gasteiger partial charge in [0.25, 0.3) is 0 Å². The number of H-pyrrole nitrogens is 1. The van der Waals surface area contributed by atoms with E-state index in [0.29, 0.717) is 38.0 Å². The summed E-state index contributed by atoms with van der Waals surface area (Å²) in [5, 5.41) is 5.57. The van der Waals surface area contributed by atoms with E-state index in [1.54, 1.807) is 0 Å². The van der Waals surface area contributed by atoms with Gasteiger partial charge in [-0.3, -0.25) is 4.90 Å². The Morgan fingerprint density at radius 2 is 1.93 bits per heavy atom. The zero-order chi connectivity index (χ0) is 29.2. The molecule has 1 aromatic carbocycles. The van der Waals surface area contributed by atoms with Gasteiger partial charge in [0.05, 0.1) is 41.9 Å². The molecule has 222 valence electrons. The van der Waals surface area contributed by atoms with Gasteiger partial charge in [-0.1, -0.05) is 6.08 Å². The van der Waals surface area contributed by atoms with Gasteiger partial charge >= 0.3 is 6.18 Å². The van der Waals surface area contributed by atoms with Gasteiger partial charge in [0.2, 0.25) is 16.0 Å². The Bertz CT molecular complexity index is 1500. The molecule has 0 unspecified atom stereocenters. The van der Waals surface area contributed by atoms with Crippen molar-refractivity contribution in [3.05, 3.63) is 42.6 Å². The molecule has 2 aliphatic rings. The Morgan fingerprint density at radius 1 is 1.20 bits per heavy atom. The first-order chi connectivity index (χ1) is 19.6. The number of benzene rings is 1. The standard InChI is InChI=1S/C26H32F3N7O4S/c1-3-8-30-23-22-19(26(27,28)29)16-31-24(22)34-25(33-23)32-20-5-4-18(15-21(20)39-2)41(37,38)36-9-6-17(7-10-36)35-11-13-40-14-12-35/h3-5,15-17H,1,6-14H2,2H3,(H3,30,31,32,33,34). The molecule has 15 heteroatoms. The highest BCUT2D eigenvalue weighted by atomic mass is 32.2. The summed E-state index contributed by atoms with van der Waals surface area (Å²) >= 11 is 0. The summed E-state index contributed by atoms with van der Waals surface area (Å²) < 4.78 is 80.0. The zero-order valence-corrected chi connectivity index (χ0v) is 23.3. The third-order valence-corrected chi connectivity index (χ3v) is 9.19. The minimum absolute atomic E-state index is 0.0151. The molecule has 0 saturated carbocycles. The minimum atomic E-state index is -4.61. The second kappa shape index (κ2) is 11.8. The molecule has 11 nitrogen and oxygen atoms in total. The van der Waals surface area contributed by atoms with E-state index in [2.05, 4.69) is 37.1 Å². The average molecular weight is 596 g/mol. The van der Waals surface area contributed by atoms with Crippen molar-refractivity contribution < 1.29 is 31.1 Å². The van der Waals surface area contributed by atoms with Gasteiger partial charge in [-0.25, -0.2) is 8.42 Å². The molecule has 2 aromatic heterocycles. The summed E-state index contributed by atoms with van der Waals surface area (Å²) in [7, 11) is -2.38. The van der Waals surface area contributed by atoms with Crippen molar-refractivity contribution in [2.45, 2.75) is 30.0 Å². The van der Waals surface area contributed by atoms with Crippen molar-refractivity contribution in [2.24, 2.45) is 0 Å². The molecule has 2 aliphatic heterocycles. The van der Waals surface area contributed by atoms with Crippen LogP contribution < -0.4 is 15.4 Å². The van der Waals surface area contributed by atoms with Crippen molar-refractivity contribution in [1.82, 2.24) is 24.2 Å². The number of morpholine rings is 1. The SMILES string of the molecule is C=CCNc1nc(Nc2ccc(S(=O)(=O)N3CCC(N4CCOCC4)CC3)cc2OC)nc2[nH]cc(C(F)(F)F)c12. The second-order valence-electron chi connectivity index (χ2n) is 9.76. The van der Waals surface area contributed by atoms with Crippen LogP contribution in [0.3, 0.4) is 0 Å². The highest BCUT2D eigenvalue weighted by molar-refractivity contribution is 7.89. The molecule has 0 aliphatic carbocycles. The first-order valence-corrected chi connectivity index (χ1v) is 14.6. The van der Waals surface area contributed by atoms with Crippen LogP contribution in [0, 0.1) is 0 Å². The molecular weight excluding hydrogens is 563 g/mol. The molecule has 41 heavy (non-hydrogen) atoms. The number of fused-ring (bicyclic) bond motifs is 1. The third-order valence-electron chi connectivity index (χ3n) is 7.29. The first-order valence-electron chi connectivity index (χ1n) is 13.2. The number of piperidine rings is 1. The normalized spacial score (nSPS) is 18.0. The molecule has 3 aromatic rings. The number of hydrogen-bond donors (Lipinski definition) is 3. The molecule has 5 rings (SSSR count). The van der Waals surface area contributed by atoms with Crippen LogP contribution in [0.4, 0.5) is 30.6 Å². The molecule has 0 radical (unpaired) electrons. The Morgan fingerprint density at radius 3 is 2.59 bits per heavy atom. The first kappa shape index (κ1) is 29.1. The van der Waals surface area contributed by atoms with Crippen LogP contribution >= 0.6 is 0 Å². The molecule has 0 atom stereocenters. The van der Waals surface area contributed by atoms with Crippen LogP contribution in [0.15, 0.2) is 41.9 Å². The van der Waals surface area contributed by atoms with Crippen molar-refractivity contribution in [1.29, 1.82) is 0 Å². The average Bonchev–Trinajstić information content (AvgIpc) is 3.42. The van der Waals surface area contributed by atoms with E-state index in [4.69, 9.17) is 9.47 Å². The van der Waals surface area contributed by atoms with Crippen molar-refractivity contribution in [3.63, 3.8) is 0 Å². The van der Waals surface area contributed by atoms with E-state index in [-0.39, 0.29) is 40.0 Å². The molecule has 2 saturated heterocycles. The lowest BCUT2D eigenvalue weighted by atomic mass is 10.0. The van der Waals surface area contributed by atoms with Crippen molar-refractivity contribution >= 4 is 38.5 Å². The lowest BCUT2D eigenvalue weighted by Gasteiger charge is -2.39. The monoisotopic (exact) mass is 595 g/mol. The number of rotatable bonds is 9. The Hall–Kier alpha value is -3.40. The molecule has 0 amide bonds. The van der Waals surface area contributed by atoms with Gasteiger partial charge in [0.1, 0.15) is 17.2 Å². The molecular formula is C26H32F3N7O4S. The van der Waals surface area contributed by atoms with Crippen molar-refractivity contribution in [3.8, 4) is 5.75 Å². The lowest BCUT2D eigenvalue weighted by molar-refractivity contribution is -0.136. The number of anilines is 3. The van der Waals surface area contributed by atoms with E-state index in [9.17, 15) is 21.6 Å². The maximum Gasteiger partial charge on any atom is 0.418 e. The minimum Gasteiger partial charge on any atom is -0.495 e.